The third-order valence-corrected chi connectivity index (χ3v) is 3.30. The predicted molar refractivity (Wildman–Crippen MR) is 89.4 cm³/mol. The molecule has 2 aromatic rings. The number of nitrogens with two attached hydrogens (primary N) is 1. The molecule has 0 spiro atoms. The molecule has 0 unspecified atom stereocenters. The third-order valence-electron chi connectivity index (χ3n) is 3.30. The van der Waals surface area contributed by atoms with E-state index in [9.17, 15) is 22.4 Å². The molecule has 0 aromatic heterocycles. The molecule has 4 N–H and O–H groups in total. The van der Waals surface area contributed by atoms with Gasteiger partial charge in [0.25, 0.3) is 5.84 Å². The van der Waals surface area contributed by atoms with Crippen molar-refractivity contribution in [2.45, 2.75) is 12.6 Å². The summed E-state index contributed by atoms with van der Waals surface area (Å²) in [6.45, 7) is 0. The van der Waals surface area contributed by atoms with E-state index < -0.39 is 23.5 Å². The highest BCUT2D eigenvalue weighted by Crippen LogP contribution is 2.30. The second kappa shape index (κ2) is 8.28. The number of rotatable bonds is 5. The first-order valence-electron chi connectivity index (χ1n) is 7.52. The lowest BCUT2D eigenvalue weighted by atomic mass is 10.1. The predicted octanol–water partition coefficient (Wildman–Crippen LogP) is 2.29. The molecular formula is C18H16F4N3O+. The van der Waals surface area contributed by atoms with Crippen LogP contribution in [-0.2, 0) is 17.4 Å². The summed E-state index contributed by atoms with van der Waals surface area (Å²) in [5.74, 6) is -1.05. The summed E-state index contributed by atoms with van der Waals surface area (Å²) in [5.41, 5.74) is -0.350. The van der Waals surface area contributed by atoms with Gasteiger partial charge in [0.15, 0.2) is 0 Å². The van der Waals surface area contributed by atoms with Gasteiger partial charge in [0.1, 0.15) is 5.82 Å². The van der Waals surface area contributed by atoms with Gasteiger partial charge in [-0.2, -0.15) is 13.2 Å². The molecule has 4 nitrogen and oxygen atoms in total. The summed E-state index contributed by atoms with van der Waals surface area (Å²) in [4.78, 5) is 11.8. The molecule has 0 radical (unpaired) electrons. The number of nitrogens with one attached hydrogen (secondary N) is 2. The summed E-state index contributed by atoms with van der Waals surface area (Å²) < 4.78 is 51.3. The normalized spacial score (nSPS) is 11.4. The van der Waals surface area contributed by atoms with Gasteiger partial charge in [0.2, 0.25) is 0 Å². The molecule has 26 heavy (non-hydrogen) atoms. The van der Waals surface area contributed by atoms with Gasteiger partial charge in [0, 0.05) is 18.0 Å². The molecule has 8 heteroatoms. The zero-order chi connectivity index (χ0) is 19.2. The number of carbonyl (C=O) groups excluding carboxylic acids is 1. The first-order valence-corrected chi connectivity index (χ1v) is 7.52. The van der Waals surface area contributed by atoms with Gasteiger partial charge in [0.05, 0.1) is 12.0 Å². The Labute approximate surface area is 147 Å². The maximum Gasteiger partial charge on any atom is 0.416 e. The highest BCUT2D eigenvalue weighted by molar-refractivity contribution is 6.01. The zero-order valence-electron chi connectivity index (χ0n) is 13.5. The van der Waals surface area contributed by atoms with E-state index in [4.69, 9.17) is 5.41 Å². The third kappa shape index (κ3) is 5.73. The number of hydrogen-bond donors (Lipinski definition) is 3. The summed E-state index contributed by atoms with van der Waals surface area (Å²) in [6, 6.07) is 10.5. The van der Waals surface area contributed by atoms with Crippen molar-refractivity contribution in [3.8, 4) is 0 Å². The molecule has 1 amide bonds. The molecule has 0 bridgehead atoms. The number of hydrogen-bond acceptors (Lipinski definition) is 2. The van der Waals surface area contributed by atoms with E-state index in [2.05, 4.69) is 10.6 Å². The van der Waals surface area contributed by atoms with E-state index in [-0.39, 0.29) is 23.5 Å². The quantitative estimate of drug-likeness (QED) is 0.432. The van der Waals surface area contributed by atoms with Gasteiger partial charge >= 0.3 is 12.1 Å². The summed E-state index contributed by atoms with van der Waals surface area (Å²) in [6.07, 6.45) is -2.07. The second-order valence-corrected chi connectivity index (χ2v) is 5.33. The lowest BCUT2D eigenvalue weighted by Gasteiger charge is -2.08. The Balaban J connectivity index is 1.88. The van der Waals surface area contributed by atoms with Crippen LogP contribution >= 0.6 is 0 Å². The molecule has 136 valence electrons. The molecule has 2 aromatic carbocycles. The summed E-state index contributed by atoms with van der Waals surface area (Å²) in [5, 5.41) is 10.6. The average molecular weight is 366 g/mol. The molecule has 0 fully saturated rings. The van der Waals surface area contributed by atoms with Crippen molar-refractivity contribution in [2.24, 2.45) is 0 Å². The topological polar surface area (TPSA) is 66.7 Å². The Kier molecular flexibility index (Phi) is 6.11. The van der Waals surface area contributed by atoms with Crippen molar-refractivity contribution < 1.29 is 27.8 Å². The fourth-order valence-corrected chi connectivity index (χ4v) is 2.07. The molecule has 0 saturated carbocycles. The van der Waals surface area contributed by atoms with Crippen molar-refractivity contribution in [1.29, 1.82) is 0 Å². The molecule has 0 saturated heterocycles. The van der Waals surface area contributed by atoms with Crippen molar-refractivity contribution in [1.82, 2.24) is 5.32 Å². The second-order valence-electron chi connectivity index (χ2n) is 5.33. The number of halogens is 4. The smallest absolute Gasteiger partial charge is 0.361 e. The first-order chi connectivity index (χ1) is 12.3. The Morgan fingerprint density at radius 2 is 1.85 bits per heavy atom. The summed E-state index contributed by atoms with van der Waals surface area (Å²) >= 11 is 0. The van der Waals surface area contributed by atoms with Gasteiger partial charge in [-0.3, -0.25) is 5.41 Å². The van der Waals surface area contributed by atoms with Gasteiger partial charge in [-0.15, -0.1) is 0 Å². The fourth-order valence-electron chi connectivity index (χ4n) is 2.07. The van der Waals surface area contributed by atoms with Crippen LogP contribution in [0.15, 0.2) is 60.8 Å². The van der Waals surface area contributed by atoms with Crippen LogP contribution in [-0.4, -0.2) is 11.7 Å². The number of amides is 1. The Hall–Kier alpha value is -3.16. The molecular weight excluding hydrogens is 350 g/mol. The van der Waals surface area contributed by atoms with Crippen molar-refractivity contribution in [2.75, 3.05) is 5.32 Å². The number of anilines is 1. The summed E-state index contributed by atoms with van der Waals surface area (Å²) in [7, 11) is 0. The van der Waals surface area contributed by atoms with Gasteiger partial charge in [-0.25, -0.2) is 14.5 Å². The average Bonchev–Trinajstić information content (AvgIpc) is 2.56. The van der Waals surface area contributed by atoms with Crippen molar-refractivity contribution in [3.05, 3.63) is 77.8 Å². The maximum atomic E-state index is 13.5. The Bertz CT molecular complexity index is 831. The van der Waals surface area contributed by atoms with Crippen molar-refractivity contribution >= 4 is 17.4 Å². The van der Waals surface area contributed by atoms with Gasteiger partial charge in [-0.05, 0) is 29.8 Å². The monoisotopic (exact) mass is 366 g/mol. The van der Waals surface area contributed by atoms with E-state index in [1.165, 1.54) is 42.6 Å². The lowest BCUT2D eigenvalue weighted by molar-refractivity contribution is -0.137. The number of carbonyl (C=O) groups is 1. The van der Waals surface area contributed by atoms with E-state index in [1.807, 2.05) is 0 Å². The Morgan fingerprint density at radius 1 is 1.12 bits per heavy atom. The van der Waals surface area contributed by atoms with Crippen LogP contribution in [0.2, 0.25) is 0 Å². The Morgan fingerprint density at radius 3 is 2.54 bits per heavy atom. The SMILES string of the molecule is [NH2+]=C(/C=C\Nc1cccc(C(F)(F)F)c1)NC(=O)Cc1ccccc1F. The number of amidine groups is 1. The van der Waals surface area contributed by atoms with Crippen LogP contribution in [0, 0.1) is 5.82 Å². The van der Waals surface area contributed by atoms with Crippen molar-refractivity contribution in [3.63, 3.8) is 0 Å². The number of benzene rings is 2. The van der Waals surface area contributed by atoms with E-state index in [0.29, 0.717) is 0 Å². The van der Waals surface area contributed by atoms with E-state index in [0.717, 1.165) is 12.1 Å². The van der Waals surface area contributed by atoms with E-state index in [1.54, 1.807) is 6.07 Å². The lowest BCUT2D eigenvalue weighted by Crippen LogP contribution is -2.50. The number of alkyl halides is 3. The van der Waals surface area contributed by atoms with Crippen LogP contribution in [0.1, 0.15) is 11.1 Å². The van der Waals surface area contributed by atoms with Crippen LogP contribution in [0.4, 0.5) is 23.2 Å². The van der Waals surface area contributed by atoms with Crippen LogP contribution in [0.5, 0.6) is 0 Å². The molecule has 0 atom stereocenters. The fraction of sp³-hybridized carbons (Fsp3) is 0.111. The standard InChI is InChI=1S/C18H15F4N3O/c19-15-7-2-1-4-12(15)10-17(26)25-16(23)8-9-24-14-6-3-5-13(11-14)18(20,21)22/h1-9,11,24H,10H2,(H2,23,25,26)/p+1/b9-8-. The first kappa shape index (κ1) is 19.2. The van der Waals surface area contributed by atoms with Gasteiger partial charge in [-0.1, -0.05) is 24.3 Å². The molecule has 0 heterocycles. The maximum absolute atomic E-state index is 13.5. The minimum atomic E-state index is -4.44. The minimum absolute atomic E-state index is 0.0363. The largest absolute Gasteiger partial charge is 0.416 e. The molecule has 0 aliphatic carbocycles. The van der Waals surface area contributed by atoms with Crippen LogP contribution < -0.4 is 16.0 Å². The molecule has 0 aliphatic rings. The molecule has 0 aliphatic heterocycles. The van der Waals surface area contributed by atoms with Gasteiger partial charge < -0.3 is 5.32 Å². The molecule has 2 rings (SSSR count). The highest BCUT2D eigenvalue weighted by Gasteiger charge is 2.30. The highest BCUT2D eigenvalue weighted by atomic mass is 19.4. The minimum Gasteiger partial charge on any atom is -0.361 e. The van der Waals surface area contributed by atoms with E-state index >= 15 is 0 Å². The van der Waals surface area contributed by atoms with Crippen LogP contribution in [0.25, 0.3) is 0 Å². The van der Waals surface area contributed by atoms with Crippen LogP contribution in [0.3, 0.4) is 0 Å². The zero-order valence-corrected chi connectivity index (χ0v) is 13.5.